The molecular formula is C25H40O5. The summed E-state index contributed by atoms with van der Waals surface area (Å²) in [6.07, 6.45) is 10.8. The topological polar surface area (TPSA) is 54.0 Å². The first-order chi connectivity index (χ1) is 14.4. The molecule has 0 N–H and O–H groups in total. The zero-order valence-corrected chi connectivity index (χ0v) is 19.1. The third-order valence-corrected chi connectivity index (χ3v) is 10.2. The van der Waals surface area contributed by atoms with Gasteiger partial charge < -0.3 is 23.7 Å². The van der Waals surface area contributed by atoms with Gasteiger partial charge in [-0.2, -0.15) is 0 Å². The highest BCUT2D eigenvalue weighted by Crippen LogP contribution is 2.69. The van der Waals surface area contributed by atoms with E-state index in [9.17, 15) is 4.79 Å². The van der Waals surface area contributed by atoms with Crippen molar-refractivity contribution in [2.24, 2.45) is 34.5 Å². The summed E-state index contributed by atoms with van der Waals surface area (Å²) in [5, 5.41) is 0. The fourth-order valence-electron chi connectivity index (χ4n) is 8.86. The lowest BCUT2D eigenvalue weighted by atomic mass is 9.46. The molecular weight excluding hydrogens is 380 g/mol. The fourth-order valence-corrected chi connectivity index (χ4v) is 8.86. The van der Waals surface area contributed by atoms with Gasteiger partial charge in [-0.25, -0.2) is 0 Å². The van der Waals surface area contributed by atoms with E-state index < -0.39 is 11.6 Å². The van der Waals surface area contributed by atoms with Gasteiger partial charge in [0.25, 0.3) is 0 Å². The van der Waals surface area contributed by atoms with Crippen LogP contribution >= 0.6 is 0 Å². The summed E-state index contributed by atoms with van der Waals surface area (Å²) < 4.78 is 25.1. The first-order valence-electron chi connectivity index (χ1n) is 12.4. The maximum Gasteiger partial charge on any atom is 0.174 e. The summed E-state index contributed by atoms with van der Waals surface area (Å²) in [4.78, 5) is 11.0. The average molecular weight is 421 g/mol. The van der Waals surface area contributed by atoms with Crippen molar-refractivity contribution in [2.45, 2.75) is 90.1 Å². The molecule has 0 aromatic heterocycles. The Bertz CT molecular complexity index is 652. The maximum absolute atomic E-state index is 11.0. The summed E-state index contributed by atoms with van der Waals surface area (Å²) in [7, 11) is 0. The van der Waals surface area contributed by atoms with E-state index in [2.05, 4.69) is 20.8 Å². The molecule has 2 saturated heterocycles. The van der Waals surface area contributed by atoms with Crippen molar-refractivity contribution in [3.63, 3.8) is 0 Å². The molecule has 6 atom stereocenters. The minimum Gasteiger partial charge on any atom is -0.348 e. The molecule has 5 nitrogen and oxygen atoms in total. The van der Waals surface area contributed by atoms with Gasteiger partial charge in [-0.1, -0.05) is 13.8 Å². The molecule has 5 rings (SSSR count). The van der Waals surface area contributed by atoms with E-state index in [-0.39, 0.29) is 10.8 Å². The second-order valence-corrected chi connectivity index (χ2v) is 11.2. The quantitative estimate of drug-likeness (QED) is 0.476. The number of carbonyl (C=O) groups is 1. The van der Waals surface area contributed by atoms with Crippen molar-refractivity contribution in [1.29, 1.82) is 0 Å². The van der Waals surface area contributed by atoms with Crippen LogP contribution in [0.5, 0.6) is 0 Å². The Morgan fingerprint density at radius 2 is 1.53 bits per heavy atom. The third kappa shape index (κ3) is 2.91. The Hall–Kier alpha value is -0.490. The van der Waals surface area contributed by atoms with Gasteiger partial charge in [0, 0.05) is 24.2 Å². The summed E-state index contributed by atoms with van der Waals surface area (Å²) in [5.74, 6) is 1.66. The molecule has 170 valence electrons. The zero-order valence-electron chi connectivity index (χ0n) is 19.1. The Balaban J connectivity index is 1.43. The summed E-state index contributed by atoms with van der Waals surface area (Å²) in [6.45, 7) is 9.99. The Morgan fingerprint density at radius 1 is 0.833 bits per heavy atom. The van der Waals surface area contributed by atoms with Gasteiger partial charge in [-0.05, 0) is 75.0 Å². The van der Waals surface area contributed by atoms with E-state index >= 15 is 0 Å². The number of carbonyl (C=O) groups excluding carboxylic acids is 1. The van der Waals surface area contributed by atoms with Crippen molar-refractivity contribution in [3.8, 4) is 0 Å². The highest BCUT2D eigenvalue weighted by Gasteiger charge is 2.67. The van der Waals surface area contributed by atoms with Crippen LogP contribution in [-0.2, 0) is 23.7 Å². The molecule has 0 aromatic rings. The van der Waals surface area contributed by atoms with Crippen molar-refractivity contribution in [1.82, 2.24) is 0 Å². The first kappa shape index (κ1) is 21.4. The van der Waals surface area contributed by atoms with Crippen LogP contribution in [0.1, 0.15) is 78.6 Å². The molecule has 1 spiro atoms. The lowest BCUT2D eigenvalue weighted by Gasteiger charge is -2.62. The predicted octanol–water partition coefficient (Wildman–Crippen LogP) is 4.72. The smallest absolute Gasteiger partial charge is 0.174 e. The van der Waals surface area contributed by atoms with Crippen molar-refractivity contribution in [3.05, 3.63) is 0 Å². The Kier molecular flexibility index (Phi) is 5.37. The molecule has 0 amide bonds. The minimum atomic E-state index is -0.438. The average Bonchev–Trinajstić information content (AvgIpc) is 3.45. The Labute approximate surface area is 181 Å². The van der Waals surface area contributed by atoms with E-state index in [4.69, 9.17) is 18.9 Å². The number of fused-ring (bicyclic) bond motifs is 3. The minimum absolute atomic E-state index is 0.0148. The molecule has 2 aliphatic heterocycles. The molecule has 2 heterocycles. The molecule has 5 fully saturated rings. The second-order valence-electron chi connectivity index (χ2n) is 11.2. The van der Waals surface area contributed by atoms with Crippen LogP contribution in [0.15, 0.2) is 0 Å². The molecule has 0 radical (unpaired) electrons. The van der Waals surface area contributed by atoms with Gasteiger partial charge in [0.05, 0.1) is 26.4 Å². The first-order valence-corrected chi connectivity index (χ1v) is 12.4. The molecule has 0 aromatic carbocycles. The highest BCUT2D eigenvalue weighted by atomic mass is 16.7. The number of aldehydes is 1. The van der Waals surface area contributed by atoms with E-state index in [1.165, 1.54) is 32.1 Å². The third-order valence-electron chi connectivity index (χ3n) is 10.2. The number of hydrogen-bond donors (Lipinski definition) is 0. The van der Waals surface area contributed by atoms with Gasteiger partial charge in [-0.3, -0.25) is 0 Å². The van der Waals surface area contributed by atoms with Crippen LogP contribution in [0.2, 0.25) is 0 Å². The molecule has 5 aliphatic rings. The summed E-state index contributed by atoms with van der Waals surface area (Å²) in [6, 6.07) is 0. The molecule has 0 unspecified atom stereocenters. The van der Waals surface area contributed by atoms with Crippen molar-refractivity contribution >= 4 is 6.29 Å². The van der Waals surface area contributed by atoms with Gasteiger partial charge in [0.15, 0.2) is 11.6 Å². The maximum atomic E-state index is 11.0. The van der Waals surface area contributed by atoms with E-state index in [0.717, 1.165) is 44.7 Å². The summed E-state index contributed by atoms with van der Waals surface area (Å²) in [5.41, 5.74) is 0.269. The van der Waals surface area contributed by atoms with Crippen LogP contribution < -0.4 is 0 Å². The SMILES string of the molecule is CC1([C@H]2CC[C@H]3[C@@H]4CCC5(OCCO5)[C@](C)(CCCC=O)[C@H]4CC[C@]23C)OCCO1. The Morgan fingerprint density at radius 3 is 2.23 bits per heavy atom. The molecule has 5 heteroatoms. The fraction of sp³-hybridized carbons (Fsp3) is 0.960. The van der Waals surface area contributed by atoms with Crippen LogP contribution in [-0.4, -0.2) is 44.3 Å². The zero-order chi connectivity index (χ0) is 21.0. The number of ether oxygens (including phenoxy) is 4. The lowest BCUT2D eigenvalue weighted by molar-refractivity contribution is -0.295. The summed E-state index contributed by atoms with van der Waals surface area (Å²) >= 11 is 0. The van der Waals surface area contributed by atoms with Gasteiger partial charge in [0.1, 0.15) is 6.29 Å². The van der Waals surface area contributed by atoms with E-state index in [1.54, 1.807) is 0 Å². The normalized spacial score (nSPS) is 46.6. The number of hydrogen-bond acceptors (Lipinski definition) is 5. The highest BCUT2D eigenvalue weighted by molar-refractivity contribution is 5.49. The molecule has 30 heavy (non-hydrogen) atoms. The van der Waals surface area contributed by atoms with Crippen LogP contribution in [0, 0.1) is 34.5 Å². The van der Waals surface area contributed by atoms with Crippen LogP contribution in [0.3, 0.4) is 0 Å². The van der Waals surface area contributed by atoms with E-state index in [0.29, 0.717) is 37.4 Å². The van der Waals surface area contributed by atoms with Crippen LogP contribution in [0.4, 0.5) is 0 Å². The van der Waals surface area contributed by atoms with Crippen molar-refractivity contribution in [2.75, 3.05) is 26.4 Å². The standard InChI is InChI=1S/C25H40O5/c1-22-11-9-20-18(19(22)6-7-21(22)24(3)27-14-15-28-24)8-12-25(29-16-17-30-25)23(20,2)10-4-5-13-26/h13,18-21H,4-12,14-17H2,1-3H3/t18-,19-,20-,21-,22-,23+/m0/s1. The molecule has 0 bridgehead atoms. The number of unbranched alkanes of at least 4 members (excludes halogenated alkanes) is 1. The van der Waals surface area contributed by atoms with Gasteiger partial charge in [-0.15, -0.1) is 0 Å². The van der Waals surface area contributed by atoms with Crippen LogP contribution in [0.25, 0.3) is 0 Å². The number of rotatable bonds is 5. The second kappa shape index (κ2) is 7.54. The monoisotopic (exact) mass is 420 g/mol. The molecule has 3 saturated carbocycles. The largest absolute Gasteiger partial charge is 0.348 e. The predicted molar refractivity (Wildman–Crippen MR) is 113 cm³/mol. The van der Waals surface area contributed by atoms with E-state index in [1.807, 2.05) is 0 Å². The van der Waals surface area contributed by atoms with Gasteiger partial charge >= 0.3 is 0 Å². The van der Waals surface area contributed by atoms with Gasteiger partial charge in [0.2, 0.25) is 0 Å². The molecule has 3 aliphatic carbocycles. The van der Waals surface area contributed by atoms with Crippen molar-refractivity contribution < 1.29 is 23.7 Å². The lowest BCUT2D eigenvalue weighted by Crippen LogP contribution is -2.61.